The van der Waals surface area contributed by atoms with E-state index in [0.29, 0.717) is 64.4 Å². The predicted octanol–water partition coefficient (Wildman–Crippen LogP) is 5.18. The van der Waals surface area contributed by atoms with E-state index in [0.717, 1.165) is 75.8 Å². The molecule has 12 heteroatoms. The van der Waals surface area contributed by atoms with Crippen LogP contribution in [-0.4, -0.2) is 95.9 Å². The van der Waals surface area contributed by atoms with E-state index in [2.05, 4.69) is 30.7 Å². The molecule has 10 nitrogen and oxygen atoms in total. The van der Waals surface area contributed by atoms with Gasteiger partial charge in [0.05, 0.1) is 44.0 Å². The van der Waals surface area contributed by atoms with Crippen LogP contribution >= 0.6 is 23.2 Å². The first-order valence-corrected chi connectivity index (χ1v) is 16.6. The summed E-state index contributed by atoms with van der Waals surface area (Å²) in [6.45, 7) is 10.3. The molecule has 2 unspecified atom stereocenters. The summed E-state index contributed by atoms with van der Waals surface area (Å²) < 4.78 is 16.8. The smallest absolute Gasteiger partial charge is 0.306 e. The summed E-state index contributed by atoms with van der Waals surface area (Å²) in [6, 6.07) is 10.0. The Morgan fingerprint density at radius 2 is 1.69 bits per heavy atom. The molecule has 4 aliphatic heterocycles. The first-order chi connectivity index (χ1) is 21.9. The van der Waals surface area contributed by atoms with E-state index in [1.165, 1.54) is 6.42 Å². The fraction of sp³-hybridized carbons (Fsp3) is 0.515. The van der Waals surface area contributed by atoms with Crippen molar-refractivity contribution >= 4 is 35.1 Å². The number of pyridine rings is 1. The zero-order valence-electron chi connectivity index (χ0n) is 25.4. The third kappa shape index (κ3) is 7.05. The van der Waals surface area contributed by atoms with E-state index in [9.17, 15) is 4.79 Å². The zero-order valence-corrected chi connectivity index (χ0v) is 26.9. The molecule has 1 aliphatic carbocycles. The van der Waals surface area contributed by atoms with Gasteiger partial charge in [-0.05, 0) is 60.9 Å². The molecule has 8 rings (SSSR count). The largest absolute Gasteiger partial charge is 0.466 e. The number of anilines is 1. The van der Waals surface area contributed by atoms with E-state index in [4.69, 9.17) is 42.4 Å². The molecule has 238 valence electrons. The second kappa shape index (κ2) is 13.4. The van der Waals surface area contributed by atoms with Crippen molar-refractivity contribution in [2.45, 2.75) is 32.4 Å². The maximum absolute atomic E-state index is 12.1. The number of esters is 1. The van der Waals surface area contributed by atoms with Crippen LogP contribution in [0.5, 0.6) is 11.6 Å². The third-order valence-corrected chi connectivity index (χ3v) is 9.94. The number of aromatic nitrogens is 3. The molecule has 5 fully saturated rings. The second-order valence-electron chi connectivity index (χ2n) is 12.5. The lowest BCUT2D eigenvalue weighted by atomic mass is 9.60. The van der Waals surface area contributed by atoms with Crippen LogP contribution in [0.1, 0.15) is 25.3 Å². The Labute approximate surface area is 273 Å². The Kier molecular flexibility index (Phi) is 9.10. The summed E-state index contributed by atoms with van der Waals surface area (Å²) in [4.78, 5) is 33.3. The summed E-state index contributed by atoms with van der Waals surface area (Å²) in [5.41, 5.74) is 2.61. The Morgan fingerprint density at radius 1 is 0.978 bits per heavy atom. The van der Waals surface area contributed by atoms with Crippen LogP contribution in [0.3, 0.4) is 0 Å². The molecule has 1 aromatic carbocycles. The standard InChI is InChI=1S/C33H38Cl2N6O4/c1-2-44-32(42)13-29-23-9-24(29)18-39(17-23)16-21-7-30(22-10-25(34)12-26(35)11-22)38-31(8-21)45-28-14-36-33(37-15-28)41-5-3-40(4-6-41)27-19-43-20-27/h7-8,10-12,14-15,23-24,27,29H,2-6,9,13,16-20H2,1H3. The molecular weight excluding hydrogens is 615 g/mol. The molecule has 2 bridgehead atoms. The first-order valence-electron chi connectivity index (χ1n) is 15.8. The van der Waals surface area contributed by atoms with Gasteiger partial charge in [0.15, 0.2) is 5.75 Å². The van der Waals surface area contributed by atoms with Gasteiger partial charge in [0.2, 0.25) is 11.8 Å². The van der Waals surface area contributed by atoms with Gasteiger partial charge in [-0.3, -0.25) is 14.6 Å². The molecule has 0 radical (unpaired) electrons. The lowest BCUT2D eigenvalue weighted by Crippen LogP contribution is -2.56. The van der Waals surface area contributed by atoms with Crippen LogP contribution in [0.2, 0.25) is 10.0 Å². The highest BCUT2D eigenvalue weighted by molar-refractivity contribution is 6.35. The number of rotatable bonds is 10. The van der Waals surface area contributed by atoms with E-state index in [-0.39, 0.29) is 5.97 Å². The van der Waals surface area contributed by atoms with E-state index < -0.39 is 0 Å². The van der Waals surface area contributed by atoms with Crippen molar-refractivity contribution in [1.29, 1.82) is 0 Å². The Hall–Kier alpha value is -3.02. The van der Waals surface area contributed by atoms with Gasteiger partial charge in [-0.2, -0.15) is 0 Å². The van der Waals surface area contributed by atoms with Crippen LogP contribution < -0.4 is 9.64 Å². The number of piperazine rings is 1. The summed E-state index contributed by atoms with van der Waals surface area (Å²) in [6.07, 6.45) is 5.12. The van der Waals surface area contributed by atoms with Gasteiger partial charge < -0.3 is 19.1 Å². The topological polar surface area (TPSA) is 93.2 Å². The van der Waals surface area contributed by atoms with Gasteiger partial charge in [-0.25, -0.2) is 15.0 Å². The van der Waals surface area contributed by atoms with Crippen LogP contribution in [0.25, 0.3) is 11.3 Å². The minimum Gasteiger partial charge on any atom is -0.466 e. The normalized spacial score (nSPS) is 23.7. The minimum atomic E-state index is -0.0783. The highest BCUT2D eigenvalue weighted by atomic mass is 35.5. The molecule has 2 aromatic heterocycles. The van der Waals surface area contributed by atoms with Gasteiger partial charge >= 0.3 is 5.97 Å². The van der Waals surface area contributed by atoms with Crippen molar-refractivity contribution in [3.63, 3.8) is 0 Å². The maximum Gasteiger partial charge on any atom is 0.306 e. The lowest BCUT2D eigenvalue weighted by Gasteiger charge is -2.53. The highest BCUT2D eigenvalue weighted by Gasteiger charge is 2.47. The summed E-state index contributed by atoms with van der Waals surface area (Å²) >= 11 is 12.7. The summed E-state index contributed by atoms with van der Waals surface area (Å²) in [5.74, 6) is 3.05. The molecule has 3 aromatic rings. The number of benzene rings is 1. The number of piperidine rings is 2. The van der Waals surface area contributed by atoms with Crippen LogP contribution in [-0.2, 0) is 20.8 Å². The van der Waals surface area contributed by atoms with Gasteiger partial charge in [0.1, 0.15) is 0 Å². The van der Waals surface area contributed by atoms with Crippen LogP contribution in [0.15, 0.2) is 42.7 Å². The van der Waals surface area contributed by atoms with E-state index in [1.54, 1.807) is 18.5 Å². The molecule has 1 saturated carbocycles. The Morgan fingerprint density at radius 3 is 2.33 bits per heavy atom. The van der Waals surface area contributed by atoms with Crippen molar-refractivity contribution in [3.8, 4) is 22.9 Å². The number of nitrogens with zero attached hydrogens (tertiary/aromatic N) is 6. The van der Waals surface area contributed by atoms with E-state index >= 15 is 0 Å². The van der Waals surface area contributed by atoms with Gasteiger partial charge in [0, 0.05) is 73.9 Å². The van der Waals surface area contributed by atoms with Gasteiger partial charge in [-0.1, -0.05) is 23.2 Å². The van der Waals surface area contributed by atoms with Crippen molar-refractivity contribution in [2.75, 3.05) is 64.0 Å². The predicted molar refractivity (Wildman–Crippen MR) is 172 cm³/mol. The molecule has 0 N–H and O–H groups in total. The Balaban J connectivity index is 1.05. The Bertz CT molecular complexity index is 1480. The number of carbonyl (C=O) groups is 1. The number of halogens is 2. The molecule has 45 heavy (non-hydrogen) atoms. The van der Waals surface area contributed by atoms with E-state index in [1.807, 2.05) is 25.1 Å². The fourth-order valence-corrected chi connectivity index (χ4v) is 7.66. The minimum absolute atomic E-state index is 0.0783. The van der Waals surface area contributed by atoms with Crippen molar-refractivity contribution in [1.82, 2.24) is 24.8 Å². The average Bonchev–Trinajstić information content (AvgIpc) is 2.99. The lowest BCUT2D eigenvalue weighted by molar-refractivity contribution is -0.149. The van der Waals surface area contributed by atoms with Gasteiger partial charge in [0.25, 0.3) is 0 Å². The number of carbonyl (C=O) groups excluding carboxylic acids is 1. The van der Waals surface area contributed by atoms with Crippen LogP contribution in [0.4, 0.5) is 5.95 Å². The number of hydrogen-bond acceptors (Lipinski definition) is 10. The monoisotopic (exact) mass is 652 g/mol. The molecule has 0 spiro atoms. The second-order valence-corrected chi connectivity index (χ2v) is 13.4. The summed E-state index contributed by atoms with van der Waals surface area (Å²) in [5, 5.41) is 1.09. The molecule has 2 atom stereocenters. The van der Waals surface area contributed by atoms with Crippen LogP contribution in [0, 0.1) is 17.8 Å². The fourth-order valence-electron chi connectivity index (χ4n) is 7.14. The quantitative estimate of drug-likeness (QED) is 0.273. The number of fused-ring (bicyclic) bond motifs is 2. The molecule has 5 aliphatic rings. The number of ether oxygens (including phenoxy) is 3. The summed E-state index contributed by atoms with van der Waals surface area (Å²) in [7, 11) is 0. The van der Waals surface area contributed by atoms with Crippen molar-refractivity contribution in [2.24, 2.45) is 17.8 Å². The van der Waals surface area contributed by atoms with Gasteiger partial charge in [-0.15, -0.1) is 0 Å². The third-order valence-electron chi connectivity index (χ3n) is 9.51. The molecule has 4 saturated heterocycles. The molecule has 6 heterocycles. The zero-order chi connectivity index (χ0) is 30.9. The SMILES string of the molecule is CCOC(=O)CC1C2CC1CN(Cc1cc(Oc3cnc(N4CCN(C5COC5)CC4)nc3)nc(-c3cc(Cl)cc(Cl)c3)c1)C2. The average molecular weight is 654 g/mol. The highest BCUT2D eigenvalue weighted by Crippen LogP contribution is 2.47. The molecule has 0 amide bonds. The van der Waals surface area contributed by atoms with Crippen molar-refractivity contribution in [3.05, 3.63) is 58.3 Å². The van der Waals surface area contributed by atoms with Crippen molar-refractivity contribution < 1.29 is 19.0 Å². The maximum atomic E-state index is 12.1. The first kappa shape index (κ1) is 30.6. The number of hydrogen-bond donors (Lipinski definition) is 0. The molecular formula is C33H38Cl2N6O4.